The van der Waals surface area contributed by atoms with Gasteiger partial charge in [0, 0.05) is 29.9 Å². The largest absolute Gasteiger partial charge is 0.315 e. The molecule has 0 spiro atoms. The van der Waals surface area contributed by atoms with E-state index in [1.165, 1.54) is 11.3 Å². The van der Waals surface area contributed by atoms with Crippen molar-refractivity contribution in [1.82, 2.24) is 19.8 Å². The normalized spacial score (nSPS) is 13.5. The molecule has 0 saturated heterocycles. The van der Waals surface area contributed by atoms with E-state index in [4.69, 9.17) is 0 Å². The molecule has 1 unspecified atom stereocenters. The third-order valence-corrected chi connectivity index (χ3v) is 5.43. The van der Waals surface area contributed by atoms with Gasteiger partial charge in [-0.15, -0.1) is 11.3 Å². The number of thiophene rings is 1. The highest BCUT2D eigenvalue weighted by Crippen LogP contribution is 2.21. The van der Waals surface area contributed by atoms with E-state index >= 15 is 0 Å². The van der Waals surface area contributed by atoms with Crippen LogP contribution in [0.4, 0.5) is 0 Å². The van der Waals surface area contributed by atoms with Crippen molar-refractivity contribution in [3.8, 4) is 0 Å². The highest BCUT2D eigenvalue weighted by atomic mass is 32.2. The zero-order valence-electron chi connectivity index (χ0n) is 11.4. The molecule has 2 N–H and O–H groups in total. The molecule has 0 aliphatic rings. The maximum Gasteiger partial charge on any atom is 0.242 e. The SMILES string of the molecule is CNCc1sccc1S(=O)(=O)NC(C)Cn1cccn1. The topological polar surface area (TPSA) is 76.0 Å². The van der Waals surface area contributed by atoms with Crippen molar-refractivity contribution in [1.29, 1.82) is 0 Å². The molecule has 0 fully saturated rings. The van der Waals surface area contributed by atoms with Crippen LogP contribution in [-0.4, -0.2) is 31.3 Å². The van der Waals surface area contributed by atoms with Crippen molar-refractivity contribution in [2.24, 2.45) is 0 Å². The predicted octanol–water partition coefficient (Wildman–Crippen LogP) is 1.03. The summed E-state index contributed by atoms with van der Waals surface area (Å²) in [5, 5.41) is 8.84. The molecule has 1 atom stereocenters. The highest BCUT2D eigenvalue weighted by molar-refractivity contribution is 7.89. The maximum atomic E-state index is 12.4. The van der Waals surface area contributed by atoms with Gasteiger partial charge < -0.3 is 5.32 Å². The zero-order valence-corrected chi connectivity index (χ0v) is 13.0. The van der Waals surface area contributed by atoms with Gasteiger partial charge in [0.1, 0.15) is 0 Å². The number of sulfonamides is 1. The number of aromatic nitrogens is 2. The molecule has 0 aliphatic heterocycles. The number of hydrogen-bond acceptors (Lipinski definition) is 5. The Kier molecular flexibility index (Phi) is 4.92. The number of hydrogen-bond donors (Lipinski definition) is 2. The number of rotatable bonds is 7. The lowest BCUT2D eigenvalue weighted by Crippen LogP contribution is -2.36. The van der Waals surface area contributed by atoms with Crippen LogP contribution in [0.2, 0.25) is 0 Å². The molecule has 2 rings (SSSR count). The lowest BCUT2D eigenvalue weighted by atomic mass is 10.4. The van der Waals surface area contributed by atoms with Crippen LogP contribution in [-0.2, 0) is 23.1 Å². The molecule has 8 heteroatoms. The van der Waals surface area contributed by atoms with E-state index in [1.54, 1.807) is 29.4 Å². The number of nitrogens with zero attached hydrogens (tertiary/aromatic N) is 2. The minimum Gasteiger partial charge on any atom is -0.315 e. The summed E-state index contributed by atoms with van der Waals surface area (Å²) in [5.41, 5.74) is 0. The van der Waals surface area contributed by atoms with Crippen LogP contribution in [0.5, 0.6) is 0 Å². The van der Waals surface area contributed by atoms with E-state index in [9.17, 15) is 8.42 Å². The average Bonchev–Trinajstić information content (AvgIpc) is 2.99. The Morgan fingerprint density at radius 1 is 1.50 bits per heavy atom. The second kappa shape index (κ2) is 6.49. The van der Waals surface area contributed by atoms with Gasteiger partial charge in [0.2, 0.25) is 10.0 Å². The molecule has 0 bridgehead atoms. The third-order valence-electron chi connectivity index (χ3n) is 2.71. The Morgan fingerprint density at radius 3 is 2.95 bits per heavy atom. The second-order valence-electron chi connectivity index (χ2n) is 4.49. The van der Waals surface area contributed by atoms with Gasteiger partial charge in [-0.05, 0) is 31.5 Å². The first-order chi connectivity index (χ1) is 9.53. The van der Waals surface area contributed by atoms with E-state index in [0.717, 1.165) is 4.88 Å². The minimum atomic E-state index is -3.49. The van der Waals surface area contributed by atoms with E-state index in [2.05, 4.69) is 15.1 Å². The lowest BCUT2D eigenvalue weighted by Gasteiger charge is -2.14. The van der Waals surface area contributed by atoms with Gasteiger partial charge in [-0.3, -0.25) is 4.68 Å². The molecule has 2 aromatic heterocycles. The fourth-order valence-electron chi connectivity index (χ4n) is 1.91. The first-order valence-corrected chi connectivity index (χ1v) is 8.60. The fraction of sp³-hybridized carbons (Fsp3) is 0.417. The zero-order chi connectivity index (χ0) is 14.6. The molecular formula is C12H18N4O2S2. The Balaban J connectivity index is 2.08. The summed E-state index contributed by atoms with van der Waals surface area (Å²) < 4.78 is 29.1. The van der Waals surface area contributed by atoms with Crippen LogP contribution >= 0.6 is 11.3 Å². The number of nitrogens with one attached hydrogen (secondary N) is 2. The van der Waals surface area contributed by atoms with Crippen LogP contribution in [0.15, 0.2) is 34.8 Å². The van der Waals surface area contributed by atoms with Crippen LogP contribution < -0.4 is 10.0 Å². The smallest absolute Gasteiger partial charge is 0.242 e. The van der Waals surface area contributed by atoms with Crippen molar-refractivity contribution in [3.63, 3.8) is 0 Å². The summed E-state index contributed by atoms with van der Waals surface area (Å²) in [6.07, 6.45) is 3.48. The second-order valence-corrected chi connectivity index (χ2v) is 7.17. The van der Waals surface area contributed by atoms with Crippen LogP contribution in [0.3, 0.4) is 0 Å². The van der Waals surface area contributed by atoms with E-state index < -0.39 is 10.0 Å². The molecule has 0 aromatic carbocycles. The summed E-state index contributed by atoms with van der Waals surface area (Å²) >= 11 is 1.43. The molecule has 6 nitrogen and oxygen atoms in total. The Hall–Kier alpha value is -1.22. The van der Waals surface area contributed by atoms with Gasteiger partial charge in [0.05, 0.1) is 11.4 Å². The highest BCUT2D eigenvalue weighted by Gasteiger charge is 2.21. The average molecular weight is 314 g/mol. The molecule has 0 aliphatic carbocycles. The molecule has 110 valence electrons. The van der Waals surface area contributed by atoms with E-state index in [0.29, 0.717) is 18.0 Å². The van der Waals surface area contributed by atoms with Gasteiger partial charge in [-0.2, -0.15) is 5.10 Å². The summed E-state index contributed by atoms with van der Waals surface area (Å²) in [5.74, 6) is 0. The molecule has 0 saturated carbocycles. The van der Waals surface area contributed by atoms with Crippen molar-refractivity contribution in [2.45, 2.75) is 31.0 Å². The Morgan fingerprint density at radius 2 is 2.30 bits per heavy atom. The van der Waals surface area contributed by atoms with Gasteiger partial charge in [0.25, 0.3) is 0 Å². The molecule has 2 aromatic rings. The lowest BCUT2D eigenvalue weighted by molar-refractivity contribution is 0.493. The first-order valence-electron chi connectivity index (χ1n) is 6.23. The van der Waals surface area contributed by atoms with Crippen molar-refractivity contribution in [3.05, 3.63) is 34.8 Å². The van der Waals surface area contributed by atoms with E-state index in [-0.39, 0.29) is 6.04 Å². The molecule has 0 amide bonds. The summed E-state index contributed by atoms with van der Waals surface area (Å²) in [6.45, 7) is 2.86. The monoisotopic (exact) mass is 314 g/mol. The Bertz CT molecular complexity index is 634. The molecular weight excluding hydrogens is 296 g/mol. The van der Waals surface area contributed by atoms with Gasteiger partial charge in [-0.1, -0.05) is 0 Å². The summed E-state index contributed by atoms with van der Waals surface area (Å²) in [4.78, 5) is 1.16. The van der Waals surface area contributed by atoms with Crippen molar-refractivity contribution < 1.29 is 8.42 Å². The minimum absolute atomic E-state index is 0.234. The van der Waals surface area contributed by atoms with Crippen LogP contribution in [0.25, 0.3) is 0 Å². The van der Waals surface area contributed by atoms with Crippen molar-refractivity contribution >= 4 is 21.4 Å². The maximum absolute atomic E-state index is 12.4. The quantitative estimate of drug-likeness (QED) is 0.800. The first kappa shape index (κ1) is 15.2. The predicted molar refractivity (Wildman–Crippen MR) is 79.1 cm³/mol. The van der Waals surface area contributed by atoms with E-state index in [1.807, 2.05) is 19.2 Å². The fourth-order valence-corrected chi connectivity index (χ4v) is 4.60. The summed E-state index contributed by atoms with van der Waals surface area (Å²) in [6, 6.07) is 3.22. The Labute approximate surface area is 122 Å². The summed E-state index contributed by atoms with van der Waals surface area (Å²) in [7, 11) is -1.70. The standard InChI is InChI=1S/C12H18N4O2S2/c1-10(9-16-6-3-5-14-16)15-20(17,18)12-4-7-19-11(12)8-13-2/h3-7,10,13,15H,8-9H2,1-2H3. The van der Waals surface area contributed by atoms with Crippen LogP contribution in [0, 0.1) is 0 Å². The third kappa shape index (κ3) is 3.66. The van der Waals surface area contributed by atoms with Gasteiger partial charge >= 0.3 is 0 Å². The molecule has 2 heterocycles. The molecule has 20 heavy (non-hydrogen) atoms. The van der Waals surface area contributed by atoms with Gasteiger partial charge in [-0.25, -0.2) is 13.1 Å². The van der Waals surface area contributed by atoms with Crippen LogP contribution in [0.1, 0.15) is 11.8 Å². The molecule has 0 radical (unpaired) electrons. The van der Waals surface area contributed by atoms with Gasteiger partial charge in [0.15, 0.2) is 0 Å². The van der Waals surface area contributed by atoms with Crippen molar-refractivity contribution in [2.75, 3.05) is 7.05 Å².